The Balaban J connectivity index is 1.35. The normalized spacial score (nSPS) is 10.8. The van der Waals surface area contributed by atoms with Crippen molar-refractivity contribution in [2.45, 2.75) is 13.2 Å². The number of hydrogen-bond donors (Lipinski definition) is 0. The van der Waals surface area contributed by atoms with Gasteiger partial charge in [-0.1, -0.05) is 24.3 Å². The number of aromatic nitrogens is 4. The Morgan fingerprint density at radius 2 is 1.77 bits per heavy atom. The van der Waals surface area contributed by atoms with Crippen LogP contribution >= 0.6 is 0 Å². The first-order valence-corrected chi connectivity index (χ1v) is 9.44. The molecule has 3 aromatic heterocycles. The minimum Gasteiger partial charge on any atom is -0.486 e. The maximum atomic E-state index is 8.88. The predicted octanol–water partition coefficient (Wildman–Crippen LogP) is 4.34. The monoisotopic (exact) mass is 393 g/mol. The van der Waals surface area contributed by atoms with E-state index in [1.165, 1.54) is 0 Å². The summed E-state index contributed by atoms with van der Waals surface area (Å²) in [5.74, 6) is 0.688. The number of pyridine rings is 2. The summed E-state index contributed by atoms with van der Waals surface area (Å²) in [7, 11) is 0. The Labute approximate surface area is 174 Å². The van der Waals surface area contributed by atoms with E-state index in [4.69, 9.17) is 10.00 Å². The highest BCUT2D eigenvalue weighted by Gasteiger charge is 2.03. The van der Waals surface area contributed by atoms with Crippen LogP contribution in [-0.4, -0.2) is 19.5 Å². The number of nitrogens with zero attached hydrogens (tertiary/aromatic N) is 5. The molecule has 0 aliphatic heterocycles. The average Bonchev–Trinajstić information content (AvgIpc) is 3.25. The second-order valence-electron chi connectivity index (χ2n) is 6.70. The van der Waals surface area contributed by atoms with Gasteiger partial charge >= 0.3 is 0 Å². The van der Waals surface area contributed by atoms with Gasteiger partial charge < -0.3 is 9.30 Å². The minimum absolute atomic E-state index is 0.361. The van der Waals surface area contributed by atoms with Crippen molar-refractivity contribution in [1.82, 2.24) is 19.5 Å². The van der Waals surface area contributed by atoms with Gasteiger partial charge in [0.05, 0.1) is 29.9 Å². The van der Waals surface area contributed by atoms with Crippen LogP contribution in [0.25, 0.3) is 12.2 Å². The van der Waals surface area contributed by atoms with Crippen LogP contribution < -0.4 is 4.74 Å². The Morgan fingerprint density at radius 3 is 2.57 bits per heavy atom. The van der Waals surface area contributed by atoms with Gasteiger partial charge in [-0.05, 0) is 47.0 Å². The third-order valence-electron chi connectivity index (χ3n) is 4.43. The van der Waals surface area contributed by atoms with Crippen LogP contribution in [0, 0.1) is 11.3 Å². The highest BCUT2D eigenvalue weighted by Crippen LogP contribution is 2.15. The smallest absolute Gasteiger partial charge is 0.138 e. The molecule has 0 atom stereocenters. The Hall–Kier alpha value is -4.24. The molecule has 0 unspecified atom stereocenters. The summed E-state index contributed by atoms with van der Waals surface area (Å²) in [5.41, 5.74) is 4.63. The van der Waals surface area contributed by atoms with Crippen molar-refractivity contribution in [2.24, 2.45) is 0 Å². The molecule has 0 saturated carbocycles. The summed E-state index contributed by atoms with van der Waals surface area (Å²) in [4.78, 5) is 12.7. The Bertz CT molecular complexity index is 1170. The molecule has 4 aromatic rings. The van der Waals surface area contributed by atoms with Gasteiger partial charge in [-0.2, -0.15) is 5.26 Å². The van der Waals surface area contributed by atoms with E-state index in [2.05, 4.69) is 21.0 Å². The maximum absolute atomic E-state index is 8.88. The first-order valence-electron chi connectivity index (χ1n) is 9.44. The van der Waals surface area contributed by atoms with Crippen LogP contribution in [-0.2, 0) is 13.2 Å². The van der Waals surface area contributed by atoms with Crippen LogP contribution in [0.15, 0.2) is 79.8 Å². The van der Waals surface area contributed by atoms with Gasteiger partial charge in [0.1, 0.15) is 12.4 Å². The SMILES string of the molecule is N#Cc1ccc(Cn2cnc(COc3cncc(/C=C/c4ccncc4)c3)c2)cc1. The van der Waals surface area contributed by atoms with Crippen molar-refractivity contribution < 1.29 is 4.74 Å². The second kappa shape index (κ2) is 9.30. The van der Waals surface area contributed by atoms with Crippen LogP contribution in [0.4, 0.5) is 0 Å². The van der Waals surface area contributed by atoms with Gasteiger partial charge in [0, 0.05) is 31.3 Å². The summed E-state index contributed by atoms with van der Waals surface area (Å²) < 4.78 is 7.85. The summed E-state index contributed by atoms with van der Waals surface area (Å²) in [5, 5.41) is 8.88. The van der Waals surface area contributed by atoms with Crippen LogP contribution in [0.3, 0.4) is 0 Å². The number of ether oxygens (including phenoxy) is 1. The largest absolute Gasteiger partial charge is 0.486 e. The molecule has 0 amide bonds. The lowest BCUT2D eigenvalue weighted by atomic mass is 10.1. The zero-order chi connectivity index (χ0) is 20.6. The summed E-state index contributed by atoms with van der Waals surface area (Å²) in [6, 6.07) is 15.5. The van der Waals surface area contributed by atoms with E-state index in [0.717, 1.165) is 22.4 Å². The Kier molecular flexibility index (Phi) is 5.92. The topological polar surface area (TPSA) is 76.6 Å². The molecule has 0 N–H and O–H groups in total. The first kappa shape index (κ1) is 19.1. The van der Waals surface area contributed by atoms with E-state index in [1.807, 2.05) is 65.4 Å². The quantitative estimate of drug-likeness (QED) is 0.467. The van der Waals surface area contributed by atoms with Crippen LogP contribution in [0.5, 0.6) is 5.75 Å². The zero-order valence-electron chi connectivity index (χ0n) is 16.2. The molecule has 0 aliphatic carbocycles. The lowest BCUT2D eigenvalue weighted by molar-refractivity contribution is 0.300. The van der Waals surface area contributed by atoms with Gasteiger partial charge in [-0.25, -0.2) is 4.98 Å². The molecule has 6 nitrogen and oxygen atoms in total. The number of imidazole rings is 1. The molecule has 30 heavy (non-hydrogen) atoms. The predicted molar refractivity (Wildman–Crippen MR) is 114 cm³/mol. The fourth-order valence-corrected chi connectivity index (χ4v) is 2.89. The molecule has 0 radical (unpaired) electrons. The first-order chi connectivity index (χ1) is 14.8. The van der Waals surface area contributed by atoms with Crippen molar-refractivity contribution in [1.29, 1.82) is 5.26 Å². The fraction of sp³-hybridized carbons (Fsp3) is 0.0833. The summed E-state index contributed by atoms with van der Waals surface area (Å²) in [6.07, 6.45) is 14.7. The number of nitriles is 1. The molecule has 0 saturated heterocycles. The lowest BCUT2D eigenvalue weighted by Crippen LogP contribution is -1.98. The summed E-state index contributed by atoms with van der Waals surface area (Å²) in [6.45, 7) is 1.05. The highest BCUT2D eigenvalue weighted by molar-refractivity contribution is 5.69. The van der Waals surface area contributed by atoms with E-state index < -0.39 is 0 Å². The highest BCUT2D eigenvalue weighted by atomic mass is 16.5. The molecule has 146 valence electrons. The standard InChI is InChI=1S/C24H19N5O/c25-12-20-2-4-21(5-3-20)15-29-16-23(28-18-29)17-30-24-11-22(13-27-14-24)6-1-19-7-9-26-10-8-19/h1-11,13-14,16,18H,15,17H2/b6-1+. The van der Waals surface area contributed by atoms with Crippen molar-refractivity contribution >= 4 is 12.2 Å². The van der Waals surface area contributed by atoms with Crippen molar-refractivity contribution in [3.8, 4) is 11.8 Å². The third-order valence-corrected chi connectivity index (χ3v) is 4.43. The minimum atomic E-state index is 0.361. The maximum Gasteiger partial charge on any atom is 0.138 e. The van der Waals surface area contributed by atoms with E-state index in [1.54, 1.807) is 31.1 Å². The molecular weight excluding hydrogens is 374 g/mol. The number of benzene rings is 1. The van der Waals surface area contributed by atoms with Gasteiger partial charge in [-0.3, -0.25) is 9.97 Å². The number of hydrogen-bond acceptors (Lipinski definition) is 5. The molecule has 0 aliphatic rings. The molecule has 0 bridgehead atoms. The van der Waals surface area contributed by atoms with Gasteiger partial charge in [-0.15, -0.1) is 0 Å². The van der Waals surface area contributed by atoms with E-state index in [-0.39, 0.29) is 0 Å². The van der Waals surface area contributed by atoms with E-state index in [9.17, 15) is 0 Å². The van der Waals surface area contributed by atoms with E-state index >= 15 is 0 Å². The number of rotatable bonds is 7. The molecule has 6 heteroatoms. The van der Waals surface area contributed by atoms with Crippen molar-refractivity contribution in [3.05, 3.63) is 108 Å². The lowest BCUT2D eigenvalue weighted by Gasteiger charge is -2.05. The molecule has 1 aromatic carbocycles. The van der Waals surface area contributed by atoms with E-state index in [0.29, 0.717) is 24.5 Å². The van der Waals surface area contributed by atoms with Crippen molar-refractivity contribution in [2.75, 3.05) is 0 Å². The third kappa shape index (κ3) is 5.18. The molecule has 0 spiro atoms. The summed E-state index contributed by atoms with van der Waals surface area (Å²) >= 11 is 0. The van der Waals surface area contributed by atoms with Gasteiger partial charge in [0.2, 0.25) is 0 Å². The van der Waals surface area contributed by atoms with Crippen molar-refractivity contribution in [3.63, 3.8) is 0 Å². The molecular formula is C24H19N5O. The van der Waals surface area contributed by atoms with Crippen LogP contribution in [0.2, 0.25) is 0 Å². The Morgan fingerprint density at radius 1 is 0.967 bits per heavy atom. The zero-order valence-corrected chi connectivity index (χ0v) is 16.2. The van der Waals surface area contributed by atoms with Crippen LogP contribution in [0.1, 0.15) is 27.9 Å². The fourth-order valence-electron chi connectivity index (χ4n) is 2.89. The van der Waals surface area contributed by atoms with Gasteiger partial charge in [0.25, 0.3) is 0 Å². The average molecular weight is 393 g/mol. The van der Waals surface area contributed by atoms with Gasteiger partial charge in [0.15, 0.2) is 0 Å². The molecule has 4 rings (SSSR count). The molecule has 0 fully saturated rings. The molecule has 3 heterocycles. The second-order valence-corrected chi connectivity index (χ2v) is 6.70.